The Hall–Kier alpha value is -0.160. The van der Waals surface area contributed by atoms with Gasteiger partial charge in [-0.05, 0) is 38.9 Å². The molecule has 0 aliphatic carbocycles. The highest BCUT2D eigenvalue weighted by molar-refractivity contribution is 4.72. The maximum Gasteiger partial charge on any atom is 0.0667 e. The molecule has 0 spiro atoms. The van der Waals surface area contributed by atoms with E-state index in [1.807, 2.05) is 0 Å². The van der Waals surface area contributed by atoms with E-state index in [2.05, 4.69) is 9.80 Å². The van der Waals surface area contributed by atoms with Crippen LogP contribution in [0.25, 0.3) is 0 Å². The fourth-order valence-electron chi connectivity index (χ4n) is 2.58. The van der Waals surface area contributed by atoms with Crippen LogP contribution in [0.3, 0.4) is 0 Å². The lowest BCUT2D eigenvalue weighted by Crippen LogP contribution is -2.41. The van der Waals surface area contributed by atoms with Gasteiger partial charge in [0, 0.05) is 19.6 Å². The van der Waals surface area contributed by atoms with Gasteiger partial charge in [-0.1, -0.05) is 0 Å². The summed E-state index contributed by atoms with van der Waals surface area (Å²) in [5.74, 6) is 0. The molecule has 2 aliphatic rings. The average molecular weight is 228 g/mol. The molecule has 0 amide bonds. The molecule has 4 heteroatoms. The first-order valence-corrected chi connectivity index (χ1v) is 6.55. The van der Waals surface area contributed by atoms with Crippen molar-refractivity contribution in [3.8, 4) is 0 Å². The quantitative estimate of drug-likeness (QED) is 0.744. The van der Waals surface area contributed by atoms with E-state index >= 15 is 0 Å². The number of morpholine rings is 1. The van der Waals surface area contributed by atoms with Crippen LogP contribution in [0.1, 0.15) is 19.3 Å². The number of piperidine rings is 1. The van der Waals surface area contributed by atoms with E-state index in [-0.39, 0.29) is 6.10 Å². The van der Waals surface area contributed by atoms with Crippen LogP contribution in [-0.2, 0) is 4.74 Å². The Labute approximate surface area is 98.2 Å². The Balaban J connectivity index is 1.56. The number of rotatable bonds is 4. The highest BCUT2D eigenvalue weighted by Crippen LogP contribution is 2.10. The van der Waals surface area contributed by atoms with Crippen LogP contribution in [0.15, 0.2) is 0 Å². The molecular weight excluding hydrogens is 204 g/mol. The first-order valence-electron chi connectivity index (χ1n) is 6.55. The maximum atomic E-state index is 9.56. The molecule has 0 saturated carbocycles. The lowest BCUT2D eigenvalue weighted by atomic mass is 10.1. The van der Waals surface area contributed by atoms with Gasteiger partial charge < -0.3 is 14.7 Å². The van der Waals surface area contributed by atoms with Crippen LogP contribution >= 0.6 is 0 Å². The lowest BCUT2D eigenvalue weighted by Gasteiger charge is -2.31. The number of hydrogen-bond donors (Lipinski definition) is 1. The second kappa shape index (κ2) is 6.55. The molecule has 0 aromatic rings. The molecule has 2 rings (SSSR count). The standard InChI is InChI=1S/C12H24N2O2/c15-12-3-1-4-14(11-12)6-2-5-13-7-9-16-10-8-13/h12,15H,1-11H2. The van der Waals surface area contributed by atoms with E-state index in [0.29, 0.717) is 0 Å². The summed E-state index contributed by atoms with van der Waals surface area (Å²) < 4.78 is 5.32. The van der Waals surface area contributed by atoms with Crippen molar-refractivity contribution in [2.45, 2.75) is 25.4 Å². The maximum absolute atomic E-state index is 9.56. The van der Waals surface area contributed by atoms with Gasteiger partial charge in [-0.25, -0.2) is 0 Å². The van der Waals surface area contributed by atoms with Gasteiger partial charge in [0.2, 0.25) is 0 Å². The van der Waals surface area contributed by atoms with Crippen molar-refractivity contribution in [3.63, 3.8) is 0 Å². The van der Waals surface area contributed by atoms with Gasteiger partial charge in [-0.2, -0.15) is 0 Å². The summed E-state index contributed by atoms with van der Waals surface area (Å²) in [6.07, 6.45) is 3.27. The van der Waals surface area contributed by atoms with Crippen LogP contribution in [0, 0.1) is 0 Å². The van der Waals surface area contributed by atoms with Crippen molar-refractivity contribution in [2.75, 3.05) is 52.5 Å². The second-order valence-electron chi connectivity index (χ2n) is 4.90. The summed E-state index contributed by atoms with van der Waals surface area (Å²) in [4.78, 5) is 4.87. The van der Waals surface area contributed by atoms with Crippen LogP contribution in [0.4, 0.5) is 0 Å². The number of aliphatic hydroxyl groups is 1. The molecule has 2 aliphatic heterocycles. The van der Waals surface area contributed by atoms with Crippen molar-refractivity contribution in [1.29, 1.82) is 0 Å². The van der Waals surface area contributed by atoms with Crippen LogP contribution in [-0.4, -0.2) is 73.5 Å². The highest BCUT2D eigenvalue weighted by Gasteiger charge is 2.17. The van der Waals surface area contributed by atoms with Crippen LogP contribution < -0.4 is 0 Å². The normalized spacial score (nSPS) is 29.4. The zero-order chi connectivity index (χ0) is 11.2. The Bertz CT molecular complexity index is 195. The molecule has 16 heavy (non-hydrogen) atoms. The van der Waals surface area contributed by atoms with Crippen molar-refractivity contribution >= 4 is 0 Å². The molecule has 0 aromatic heterocycles. The minimum atomic E-state index is -0.0860. The summed E-state index contributed by atoms with van der Waals surface area (Å²) in [5.41, 5.74) is 0. The Morgan fingerprint density at radius 2 is 1.81 bits per heavy atom. The summed E-state index contributed by atoms with van der Waals surface area (Å²) in [5, 5.41) is 9.56. The number of hydrogen-bond acceptors (Lipinski definition) is 4. The minimum Gasteiger partial charge on any atom is -0.392 e. The fraction of sp³-hybridized carbons (Fsp3) is 1.00. The summed E-state index contributed by atoms with van der Waals surface area (Å²) in [6, 6.07) is 0. The molecule has 94 valence electrons. The van der Waals surface area contributed by atoms with Crippen molar-refractivity contribution < 1.29 is 9.84 Å². The van der Waals surface area contributed by atoms with E-state index in [9.17, 15) is 5.11 Å². The summed E-state index contributed by atoms with van der Waals surface area (Å²) >= 11 is 0. The lowest BCUT2D eigenvalue weighted by molar-refractivity contribution is 0.0328. The van der Waals surface area contributed by atoms with Crippen molar-refractivity contribution in [3.05, 3.63) is 0 Å². The predicted octanol–water partition coefficient (Wildman–Crippen LogP) is 0.165. The third kappa shape index (κ3) is 4.01. The van der Waals surface area contributed by atoms with Crippen molar-refractivity contribution in [2.24, 2.45) is 0 Å². The van der Waals surface area contributed by atoms with E-state index in [4.69, 9.17) is 4.74 Å². The SMILES string of the molecule is OC1CCCN(CCCN2CCOCC2)C1. The molecule has 0 bridgehead atoms. The monoisotopic (exact) mass is 228 g/mol. The number of likely N-dealkylation sites (tertiary alicyclic amines) is 1. The second-order valence-corrected chi connectivity index (χ2v) is 4.90. The topological polar surface area (TPSA) is 35.9 Å². The Morgan fingerprint density at radius 3 is 2.56 bits per heavy atom. The molecule has 2 fully saturated rings. The van der Waals surface area contributed by atoms with Gasteiger partial charge in [0.25, 0.3) is 0 Å². The van der Waals surface area contributed by atoms with Crippen LogP contribution in [0.5, 0.6) is 0 Å². The van der Waals surface area contributed by atoms with Gasteiger partial charge in [-0.15, -0.1) is 0 Å². The summed E-state index contributed by atoms with van der Waals surface area (Å²) in [6.45, 7) is 8.31. The zero-order valence-electron chi connectivity index (χ0n) is 10.1. The number of aliphatic hydroxyl groups excluding tert-OH is 1. The molecule has 4 nitrogen and oxygen atoms in total. The molecular formula is C12H24N2O2. The average Bonchev–Trinajstić information content (AvgIpc) is 2.30. The summed E-state index contributed by atoms with van der Waals surface area (Å²) in [7, 11) is 0. The Kier molecular flexibility index (Phi) is 5.03. The first kappa shape index (κ1) is 12.3. The van der Waals surface area contributed by atoms with E-state index in [0.717, 1.165) is 52.2 Å². The minimum absolute atomic E-state index is 0.0860. The highest BCUT2D eigenvalue weighted by atomic mass is 16.5. The molecule has 2 saturated heterocycles. The van der Waals surface area contributed by atoms with E-state index in [1.165, 1.54) is 19.5 Å². The van der Waals surface area contributed by atoms with Gasteiger partial charge in [-0.3, -0.25) is 4.90 Å². The van der Waals surface area contributed by atoms with Crippen LogP contribution in [0.2, 0.25) is 0 Å². The van der Waals surface area contributed by atoms with Gasteiger partial charge in [0.1, 0.15) is 0 Å². The van der Waals surface area contributed by atoms with E-state index < -0.39 is 0 Å². The van der Waals surface area contributed by atoms with E-state index in [1.54, 1.807) is 0 Å². The number of β-amino-alcohol motifs (C(OH)–C–C–N with tert-alkyl or cyclic N) is 1. The third-order valence-electron chi connectivity index (χ3n) is 3.53. The molecule has 0 aromatic carbocycles. The van der Waals surface area contributed by atoms with Crippen molar-refractivity contribution in [1.82, 2.24) is 9.80 Å². The fourth-order valence-corrected chi connectivity index (χ4v) is 2.58. The molecule has 1 N–H and O–H groups in total. The number of nitrogens with zero attached hydrogens (tertiary/aromatic N) is 2. The van der Waals surface area contributed by atoms with Gasteiger partial charge in [0.15, 0.2) is 0 Å². The molecule has 2 heterocycles. The largest absolute Gasteiger partial charge is 0.392 e. The van der Waals surface area contributed by atoms with Gasteiger partial charge >= 0.3 is 0 Å². The molecule has 1 unspecified atom stereocenters. The molecule has 0 radical (unpaired) electrons. The zero-order valence-corrected chi connectivity index (χ0v) is 10.1. The predicted molar refractivity (Wildman–Crippen MR) is 63.6 cm³/mol. The number of ether oxygens (including phenoxy) is 1. The first-order chi connectivity index (χ1) is 7.84. The smallest absolute Gasteiger partial charge is 0.0667 e. The molecule has 1 atom stereocenters. The third-order valence-corrected chi connectivity index (χ3v) is 3.53. The Morgan fingerprint density at radius 1 is 1.06 bits per heavy atom. The van der Waals surface area contributed by atoms with Gasteiger partial charge in [0.05, 0.1) is 19.3 Å².